The largest absolute Gasteiger partial charge is 0.493 e. The number of fused-ring (bicyclic) bond motifs is 1. The highest BCUT2D eigenvalue weighted by molar-refractivity contribution is 7.80. The molecule has 8 heteroatoms. The van der Waals surface area contributed by atoms with Crippen molar-refractivity contribution >= 4 is 33.9 Å². The average Bonchev–Trinajstić information content (AvgIpc) is 2.96. The zero-order chi connectivity index (χ0) is 19.9. The minimum absolute atomic E-state index is 0.145. The molecule has 0 unspecified atom stereocenters. The molecule has 2 heterocycles. The Hall–Kier alpha value is -2.03. The van der Waals surface area contributed by atoms with Crippen LogP contribution in [-0.4, -0.2) is 54.2 Å². The summed E-state index contributed by atoms with van der Waals surface area (Å²) in [7, 11) is 0. The van der Waals surface area contributed by atoms with Crippen LogP contribution in [-0.2, 0) is 11.3 Å². The molecule has 7 nitrogen and oxygen atoms in total. The summed E-state index contributed by atoms with van der Waals surface area (Å²) in [6.07, 6.45) is 0.979. The summed E-state index contributed by atoms with van der Waals surface area (Å²) in [6.45, 7) is 10.5. The van der Waals surface area contributed by atoms with Gasteiger partial charge < -0.3 is 24.6 Å². The Morgan fingerprint density at radius 2 is 2.07 bits per heavy atom. The van der Waals surface area contributed by atoms with Gasteiger partial charge in [0.2, 0.25) is 11.0 Å². The first-order valence-corrected chi connectivity index (χ1v) is 10.4. The Labute approximate surface area is 171 Å². The molecule has 0 bridgehead atoms. The van der Waals surface area contributed by atoms with Crippen LogP contribution in [0.3, 0.4) is 0 Å². The fourth-order valence-corrected chi connectivity index (χ4v) is 3.51. The van der Waals surface area contributed by atoms with E-state index in [0.29, 0.717) is 16.7 Å². The van der Waals surface area contributed by atoms with Crippen LogP contribution in [0.1, 0.15) is 20.3 Å². The number of aryl methyl sites for hydroxylation is 1. The van der Waals surface area contributed by atoms with E-state index >= 15 is 0 Å². The van der Waals surface area contributed by atoms with Gasteiger partial charge in [-0.2, -0.15) is 0 Å². The zero-order valence-corrected chi connectivity index (χ0v) is 17.5. The maximum Gasteiger partial charge on any atom is 0.220 e. The van der Waals surface area contributed by atoms with E-state index in [2.05, 4.69) is 29.4 Å². The van der Waals surface area contributed by atoms with Gasteiger partial charge in [-0.15, -0.1) is 10.2 Å². The second-order valence-corrected chi connectivity index (χ2v) is 7.95. The monoisotopic (exact) mass is 404 g/mol. The SMILES string of the molecule is CC(C)CCn1c(O)c(N=NC(=S)NCC[NH+]2CCOCC2)c2ccccc21. The van der Waals surface area contributed by atoms with E-state index < -0.39 is 0 Å². The molecular formula is C20H30N5O2S+. The molecule has 0 amide bonds. The van der Waals surface area contributed by atoms with E-state index in [0.717, 1.165) is 63.3 Å². The summed E-state index contributed by atoms with van der Waals surface area (Å²) in [5, 5.41) is 23.5. The predicted octanol–water partition coefficient (Wildman–Crippen LogP) is 2.27. The molecule has 1 aromatic carbocycles. The molecule has 1 fully saturated rings. The topological polar surface area (TPSA) is 75.6 Å². The number of benzene rings is 1. The molecule has 28 heavy (non-hydrogen) atoms. The number of nitrogens with one attached hydrogen (secondary N) is 2. The molecule has 152 valence electrons. The normalized spacial score (nSPS) is 15.7. The first-order chi connectivity index (χ1) is 13.6. The number of hydrogen-bond acceptors (Lipinski definition) is 4. The smallest absolute Gasteiger partial charge is 0.220 e. The highest BCUT2D eigenvalue weighted by Gasteiger charge is 2.17. The second-order valence-electron chi connectivity index (χ2n) is 7.57. The van der Waals surface area contributed by atoms with Crippen molar-refractivity contribution in [3.63, 3.8) is 0 Å². The lowest BCUT2D eigenvalue weighted by Crippen LogP contribution is -3.14. The van der Waals surface area contributed by atoms with Gasteiger partial charge in [0.1, 0.15) is 13.1 Å². The summed E-state index contributed by atoms with van der Waals surface area (Å²) >= 11 is 5.28. The van der Waals surface area contributed by atoms with Crippen molar-refractivity contribution < 1.29 is 14.7 Å². The Morgan fingerprint density at radius 3 is 2.82 bits per heavy atom. The van der Waals surface area contributed by atoms with Crippen LogP contribution >= 0.6 is 12.2 Å². The lowest BCUT2D eigenvalue weighted by Gasteiger charge is -2.23. The third-order valence-corrected chi connectivity index (χ3v) is 5.27. The number of hydrogen-bond donors (Lipinski definition) is 3. The summed E-state index contributed by atoms with van der Waals surface area (Å²) in [5.41, 5.74) is 1.44. The van der Waals surface area contributed by atoms with Gasteiger partial charge >= 0.3 is 0 Å². The van der Waals surface area contributed by atoms with Gasteiger partial charge in [0.05, 0.1) is 31.8 Å². The molecule has 0 aliphatic carbocycles. The molecule has 1 aliphatic heterocycles. The minimum atomic E-state index is 0.145. The predicted molar refractivity (Wildman–Crippen MR) is 115 cm³/mol. The van der Waals surface area contributed by atoms with Crippen LogP contribution < -0.4 is 10.2 Å². The molecule has 0 spiro atoms. The maximum atomic E-state index is 10.7. The number of nitrogens with zero attached hydrogens (tertiary/aromatic N) is 3. The van der Waals surface area contributed by atoms with Gasteiger partial charge in [-0.05, 0) is 30.6 Å². The Kier molecular flexibility index (Phi) is 7.36. The highest BCUT2D eigenvalue weighted by Crippen LogP contribution is 2.39. The van der Waals surface area contributed by atoms with Crippen molar-refractivity contribution in [3.8, 4) is 5.88 Å². The van der Waals surface area contributed by atoms with Crippen molar-refractivity contribution in [3.05, 3.63) is 24.3 Å². The van der Waals surface area contributed by atoms with Gasteiger partial charge in [-0.1, -0.05) is 32.0 Å². The number of para-hydroxylation sites is 1. The number of aromatic nitrogens is 1. The molecule has 0 saturated carbocycles. The first kappa shape index (κ1) is 20.7. The van der Waals surface area contributed by atoms with E-state index in [4.69, 9.17) is 17.0 Å². The Morgan fingerprint density at radius 1 is 1.32 bits per heavy atom. The van der Waals surface area contributed by atoms with E-state index in [1.807, 2.05) is 28.8 Å². The number of quaternary nitrogens is 1. The van der Waals surface area contributed by atoms with Crippen LogP contribution in [0.5, 0.6) is 5.88 Å². The molecule has 1 aromatic heterocycles. The van der Waals surface area contributed by atoms with E-state index in [1.165, 1.54) is 4.90 Å². The number of thiocarbonyl (C=S) groups is 1. The third-order valence-electron chi connectivity index (χ3n) is 5.04. The van der Waals surface area contributed by atoms with Crippen LogP contribution in [0.15, 0.2) is 34.5 Å². The van der Waals surface area contributed by atoms with Crippen molar-refractivity contribution in [1.29, 1.82) is 0 Å². The van der Waals surface area contributed by atoms with E-state index in [-0.39, 0.29) is 5.88 Å². The van der Waals surface area contributed by atoms with Gasteiger partial charge in [0.15, 0.2) is 5.69 Å². The average molecular weight is 405 g/mol. The lowest BCUT2D eigenvalue weighted by atomic mass is 10.1. The molecule has 2 aromatic rings. The minimum Gasteiger partial charge on any atom is -0.493 e. The third kappa shape index (κ3) is 5.27. The number of ether oxygens (including phenoxy) is 1. The summed E-state index contributed by atoms with van der Waals surface area (Å²) in [4.78, 5) is 1.50. The van der Waals surface area contributed by atoms with Crippen molar-refractivity contribution in [2.24, 2.45) is 16.1 Å². The Bertz CT molecular complexity index is 827. The number of rotatable bonds is 7. The van der Waals surface area contributed by atoms with Crippen LogP contribution in [0.4, 0.5) is 5.69 Å². The molecule has 3 N–H and O–H groups in total. The Balaban J connectivity index is 1.65. The van der Waals surface area contributed by atoms with Crippen molar-refractivity contribution in [1.82, 2.24) is 9.88 Å². The van der Waals surface area contributed by atoms with Gasteiger partial charge in [0, 0.05) is 11.9 Å². The number of azo groups is 1. The van der Waals surface area contributed by atoms with Crippen molar-refractivity contribution in [2.45, 2.75) is 26.8 Å². The fourth-order valence-electron chi connectivity index (χ4n) is 3.37. The number of aromatic hydroxyl groups is 1. The molecule has 3 rings (SSSR count). The van der Waals surface area contributed by atoms with E-state index in [1.54, 1.807) is 0 Å². The fraction of sp³-hybridized carbons (Fsp3) is 0.550. The zero-order valence-electron chi connectivity index (χ0n) is 16.6. The molecule has 0 atom stereocenters. The summed E-state index contributed by atoms with van der Waals surface area (Å²) in [5.74, 6) is 0.696. The molecule has 1 aliphatic rings. The summed E-state index contributed by atoms with van der Waals surface area (Å²) in [6, 6.07) is 7.85. The van der Waals surface area contributed by atoms with Crippen LogP contribution in [0, 0.1) is 5.92 Å². The van der Waals surface area contributed by atoms with Crippen molar-refractivity contribution in [2.75, 3.05) is 39.4 Å². The van der Waals surface area contributed by atoms with Crippen LogP contribution in [0.2, 0.25) is 0 Å². The standard InChI is InChI=1S/C20H29N5O2S/c1-15(2)7-9-25-17-6-4-3-5-16(17)18(19(25)26)22-23-20(28)21-8-10-24-11-13-27-14-12-24/h3-6,15,26H,7-14H2,1-2H3,(H,21,28)/p+1. The first-order valence-electron chi connectivity index (χ1n) is 9.97. The quantitative estimate of drug-likeness (QED) is 0.489. The summed E-state index contributed by atoms with van der Waals surface area (Å²) < 4.78 is 7.27. The van der Waals surface area contributed by atoms with E-state index in [9.17, 15) is 5.11 Å². The van der Waals surface area contributed by atoms with Gasteiger partial charge in [-0.25, -0.2) is 0 Å². The lowest BCUT2D eigenvalue weighted by molar-refractivity contribution is -0.906. The molecular weight excluding hydrogens is 374 g/mol. The second kappa shape index (κ2) is 9.95. The highest BCUT2D eigenvalue weighted by atomic mass is 32.1. The van der Waals surface area contributed by atoms with Gasteiger partial charge in [-0.3, -0.25) is 0 Å². The molecule has 0 radical (unpaired) electrons. The maximum absolute atomic E-state index is 10.7. The van der Waals surface area contributed by atoms with Crippen LogP contribution in [0.25, 0.3) is 10.9 Å². The molecule has 1 saturated heterocycles. The number of morpholine rings is 1. The van der Waals surface area contributed by atoms with Gasteiger partial charge in [0.25, 0.3) is 0 Å².